The fourth-order valence-corrected chi connectivity index (χ4v) is 3.44. The molecule has 0 aliphatic rings. The number of aliphatic hydroxyl groups excluding tert-OH is 1. The lowest BCUT2D eigenvalue weighted by molar-refractivity contribution is 0.143. The van der Waals surface area contributed by atoms with Crippen molar-refractivity contribution in [1.29, 1.82) is 0 Å². The van der Waals surface area contributed by atoms with Crippen molar-refractivity contribution in [2.45, 2.75) is 30.4 Å². The lowest BCUT2D eigenvalue weighted by Gasteiger charge is -2.21. The molecule has 0 radical (unpaired) electrons. The van der Waals surface area contributed by atoms with Crippen LogP contribution in [0.5, 0.6) is 0 Å². The van der Waals surface area contributed by atoms with E-state index in [2.05, 4.69) is 4.72 Å². The zero-order valence-corrected chi connectivity index (χ0v) is 11.9. The van der Waals surface area contributed by atoms with Gasteiger partial charge in [-0.25, -0.2) is 17.5 Å². The molecule has 0 saturated carbocycles. The highest BCUT2D eigenvalue weighted by molar-refractivity contribution is 7.89. The van der Waals surface area contributed by atoms with E-state index in [1.165, 1.54) is 0 Å². The van der Waals surface area contributed by atoms with Gasteiger partial charge in [-0.2, -0.15) is 0 Å². The number of halogens is 2. The number of nitrogens with two attached hydrogens (primary N) is 1. The van der Waals surface area contributed by atoms with Crippen LogP contribution in [-0.4, -0.2) is 32.2 Å². The molecule has 19 heavy (non-hydrogen) atoms. The standard InChI is InChI=1S/C11H16ClFN2O3S/c1-2-9(10(16)6-14)15-19(17,18)11-4-3-7(13)5-8(11)12/h3-5,9-10,15-16H,2,6,14H2,1H3/t9-,10+/m0/s1. The lowest BCUT2D eigenvalue weighted by Crippen LogP contribution is -2.46. The van der Waals surface area contributed by atoms with Crippen molar-refractivity contribution in [3.8, 4) is 0 Å². The van der Waals surface area contributed by atoms with Gasteiger partial charge in [-0.3, -0.25) is 0 Å². The summed E-state index contributed by atoms with van der Waals surface area (Å²) in [6.45, 7) is 1.64. The summed E-state index contributed by atoms with van der Waals surface area (Å²) in [6.07, 6.45) is -0.643. The summed E-state index contributed by atoms with van der Waals surface area (Å²) in [7, 11) is -3.94. The number of hydrogen-bond donors (Lipinski definition) is 3. The van der Waals surface area contributed by atoms with Crippen LogP contribution in [0.2, 0.25) is 5.02 Å². The summed E-state index contributed by atoms with van der Waals surface area (Å²) >= 11 is 5.71. The maximum Gasteiger partial charge on any atom is 0.242 e. The number of rotatable bonds is 6. The predicted molar refractivity (Wildman–Crippen MR) is 70.9 cm³/mol. The van der Waals surface area contributed by atoms with Gasteiger partial charge in [0.05, 0.1) is 11.1 Å². The number of aliphatic hydroxyl groups is 1. The van der Waals surface area contributed by atoms with E-state index in [4.69, 9.17) is 17.3 Å². The second-order valence-electron chi connectivity index (χ2n) is 4.01. The third kappa shape index (κ3) is 4.12. The summed E-state index contributed by atoms with van der Waals surface area (Å²) in [6, 6.07) is 2.26. The minimum atomic E-state index is -3.94. The normalized spacial score (nSPS) is 15.2. The number of sulfonamides is 1. The number of hydrogen-bond acceptors (Lipinski definition) is 4. The summed E-state index contributed by atoms with van der Waals surface area (Å²) in [5, 5.41) is 9.38. The first-order valence-electron chi connectivity index (χ1n) is 5.67. The van der Waals surface area contributed by atoms with Gasteiger partial charge >= 0.3 is 0 Å². The SMILES string of the molecule is CC[C@H](NS(=O)(=O)c1ccc(F)cc1Cl)[C@H](O)CN. The highest BCUT2D eigenvalue weighted by Gasteiger charge is 2.25. The smallest absolute Gasteiger partial charge is 0.242 e. The van der Waals surface area contributed by atoms with Crippen LogP contribution in [0.3, 0.4) is 0 Å². The highest BCUT2D eigenvalue weighted by Crippen LogP contribution is 2.22. The predicted octanol–water partition coefficient (Wildman–Crippen LogP) is 0.856. The highest BCUT2D eigenvalue weighted by atomic mass is 35.5. The van der Waals surface area contributed by atoms with Gasteiger partial charge in [0.2, 0.25) is 10.0 Å². The van der Waals surface area contributed by atoms with E-state index in [1.807, 2.05) is 0 Å². The fourth-order valence-electron chi connectivity index (χ4n) is 1.55. The zero-order chi connectivity index (χ0) is 14.6. The van der Waals surface area contributed by atoms with E-state index in [0.717, 1.165) is 18.2 Å². The Morgan fingerprint density at radius 1 is 1.53 bits per heavy atom. The Kier molecular flexibility index (Phi) is 5.69. The molecule has 2 atom stereocenters. The quantitative estimate of drug-likeness (QED) is 0.726. The van der Waals surface area contributed by atoms with Crippen LogP contribution in [0.25, 0.3) is 0 Å². The molecule has 0 spiro atoms. The maximum atomic E-state index is 12.9. The largest absolute Gasteiger partial charge is 0.390 e. The van der Waals surface area contributed by atoms with Crippen molar-refractivity contribution in [3.05, 3.63) is 29.0 Å². The molecular weight excluding hydrogens is 295 g/mol. The average Bonchev–Trinajstić information content (AvgIpc) is 2.34. The minimum absolute atomic E-state index is 0.0713. The first kappa shape index (κ1) is 16.3. The Balaban J connectivity index is 3.04. The molecule has 0 unspecified atom stereocenters. The van der Waals surface area contributed by atoms with E-state index in [1.54, 1.807) is 6.92 Å². The Hall–Kier alpha value is -0.730. The zero-order valence-electron chi connectivity index (χ0n) is 10.3. The van der Waals surface area contributed by atoms with E-state index >= 15 is 0 Å². The first-order chi connectivity index (χ1) is 8.81. The molecule has 8 heteroatoms. The van der Waals surface area contributed by atoms with Crippen LogP contribution in [-0.2, 0) is 10.0 Å². The lowest BCUT2D eigenvalue weighted by atomic mass is 10.1. The van der Waals surface area contributed by atoms with Gasteiger partial charge in [0, 0.05) is 12.6 Å². The van der Waals surface area contributed by atoms with E-state index in [-0.39, 0.29) is 16.5 Å². The average molecular weight is 311 g/mol. The summed E-state index contributed by atoms with van der Waals surface area (Å²) in [5.41, 5.74) is 5.30. The summed E-state index contributed by atoms with van der Waals surface area (Å²) in [4.78, 5) is -0.238. The fraction of sp³-hybridized carbons (Fsp3) is 0.455. The monoisotopic (exact) mass is 310 g/mol. The molecule has 0 saturated heterocycles. The Morgan fingerprint density at radius 3 is 2.63 bits per heavy atom. The van der Waals surface area contributed by atoms with Crippen molar-refractivity contribution in [2.75, 3.05) is 6.54 Å². The van der Waals surface area contributed by atoms with Crippen LogP contribution >= 0.6 is 11.6 Å². The van der Waals surface area contributed by atoms with E-state index in [9.17, 15) is 17.9 Å². The van der Waals surface area contributed by atoms with Crippen LogP contribution < -0.4 is 10.5 Å². The van der Waals surface area contributed by atoms with Crippen LogP contribution in [0.1, 0.15) is 13.3 Å². The first-order valence-corrected chi connectivity index (χ1v) is 7.53. The van der Waals surface area contributed by atoms with Gasteiger partial charge in [-0.1, -0.05) is 18.5 Å². The van der Waals surface area contributed by atoms with E-state index in [0.29, 0.717) is 6.42 Å². The van der Waals surface area contributed by atoms with Crippen molar-refractivity contribution in [3.63, 3.8) is 0 Å². The van der Waals surface area contributed by atoms with Crippen LogP contribution in [0.15, 0.2) is 23.1 Å². The topological polar surface area (TPSA) is 92.4 Å². The van der Waals surface area contributed by atoms with Gasteiger partial charge in [-0.15, -0.1) is 0 Å². The Bertz CT molecular complexity index is 539. The molecule has 1 aromatic carbocycles. The van der Waals surface area contributed by atoms with Crippen molar-refractivity contribution >= 4 is 21.6 Å². The molecule has 0 fully saturated rings. The van der Waals surface area contributed by atoms with Gasteiger partial charge < -0.3 is 10.8 Å². The van der Waals surface area contributed by atoms with Gasteiger partial charge in [0.25, 0.3) is 0 Å². The van der Waals surface area contributed by atoms with Crippen molar-refractivity contribution < 1.29 is 17.9 Å². The third-order valence-electron chi connectivity index (χ3n) is 2.64. The summed E-state index contributed by atoms with van der Waals surface area (Å²) < 4.78 is 39.4. The second kappa shape index (κ2) is 6.62. The maximum absolute atomic E-state index is 12.9. The summed E-state index contributed by atoms with van der Waals surface area (Å²) in [5.74, 6) is -0.627. The second-order valence-corrected chi connectivity index (χ2v) is 6.10. The molecule has 0 aliphatic heterocycles. The number of nitrogens with one attached hydrogen (secondary N) is 1. The van der Waals surface area contributed by atoms with Gasteiger partial charge in [0.15, 0.2) is 0 Å². The van der Waals surface area contributed by atoms with Gasteiger partial charge in [0.1, 0.15) is 10.7 Å². The van der Waals surface area contributed by atoms with E-state index < -0.39 is 28.0 Å². The molecule has 0 aromatic heterocycles. The Morgan fingerprint density at radius 2 is 2.16 bits per heavy atom. The molecule has 0 amide bonds. The Labute approximate surface area is 116 Å². The molecule has 1 rings (SSSR count). The molecule has 0 bridgehead atoms. The molecule has 0 aliphatic carbocycles. The third-order valence-corrected chi connectivity index (χ3v) is 4.61. The molecule has 4 N–H and O–H groups in total. The molecule has 5 nitrogen and oxygen atoms in total. The van der Waals surface area contributed by atoms with Crippen LogP contribution in [0.4, 0.5) is 4.39 Å². The number of benzene rings is 1. The van der Waals surface area contributed by atoms with Crippen LogP contribution in [0, 0.1) is 5.82 Å². The van der Waals surface area contributed by atoms with Gasteiger partial charge in [-0.05, 0) is 24.6 Å². The molecule has 0 heterocycles. The van der Waals surface area contributed by atoms with Crippen molar-refractivity contribution in [1.82, 2.24) is 4.72 Å². The molecular formula is C11H16ClFN2O3S. The minimum Gasteiger partial charge on any atom is -0.390 e. The van der Waals surface area contributed by atoms with Crippen molar-refractivity contribution in [2.24, 2.45) is 5.73 Å². The molecule has 108 valence electrons. The molecule has 1 aromatic rings.